The van der Waals surface area contributed by atoms with E-state index in [1.165, 1.54) is 31.3 Å². The first kappa shape index (κ1) is 19.7. The number of anilines is 1. The summed E-state index contributed by atoms with van der Waals surface area (Å²) in [6.07, 6.45) is 1.91. The Labute approximate surface area is 164 Å². The van der Waals surface area contributed by atoms with E-state index in [4.69, 9.17) is 16.3 Å². The van der Waals surface area contributed by atoms with Crippen molar-refractivity contribution in [1.29, 1.82) is 0 Å². The molecule has 0 aromatic heterocycles. The molecule has 0 saturated carbocycles. The molecule has 3 rings (SSSR count). The van der Waals surface area contributed by atoms with Gasteiger partial charge in [0.25, 0.3) is 15.9 Å². The normalized spacial score (nSPS) is 16.9. The molecule has 1 aliphatic heterocycles. The number of ether oxygens (including phenoxy) is 1. The third kappa shape index (κ3) is 4.43. The van der Waals surface area contributed by atoms with Gasteiger partial charge in [-0.1, -0.05) is 29.8 Å². The van der Waals surface area contributed by atoms with Crippen LogP contribution in [0.3, 0.4) is 0 Å². The number of rotatable bonds is 6. The summed E-state index contributed by atoms with van der Waals surface area (Å²) in [5.41, 5.74) is 0.577. The van der Waals surface area contributed by atoms with Crippen molar-refractivity contribution in [1.82, 2.24) is 5.32 Å². The van der Waals surface area contributed by atoms with Crippen LogP contribution < -0.4 is 9.62 Å². The van der Waals surface area contributed by atoms with Gasteiger partial charge in [-0.2, -0.15) is 0 Å². The van der Waals surface area contributed by atoms with Gasteiger partial charge in [-0.05, 0) is 43.2 Å². The zero-order valence-corrected chi connectivity index (χ0v) is 16.5. The Bertz CT molecular complexity index is 913. The van der Waals surface area contributed by atoms with Crippen molar-refractivity contribution in [3.8, 4) is 0 Å². The van der Waals surface area contributed by atoms with Gasteiger partial charge in [0.15, 0.2) is 0 Å². The molecular weight excluding hydrogens is 388 g/mol. The number of sulfonamides is 1. The van der Waals surface area contributed by atoms with E-state index >= 15 is 0 Å². The summed E-state index contributed by atoms with van der Waals surface area (Å²) in [6, 6.07) is 12.7. The van der Waals surface area contributed by atoms with E-state index in [0.29, 0.717) is 18.8 Å². The number of nitrogens with one attached hydrogen (secondary N) is 1. The van der Waals surface area contributed by atoms with Crippen molar-refractivity contribution < 1.29 is 17.9 Å². The molecule has 0 radical (unpaired) electrons. The van der Waals surface area contributed by atoms with Gasteiger partial charge in [0, 0.05) is 20.2 Å². The van der Waals surface area contributed by atoms with Crippen LogP contribution >= 0.6 is 11.6 Å². The lowest BCUT2D eigenvalue weighted by atomic mass is 10.1. The second kappa shape index (κ2) is 8.29. The van der Waals surface area contributed by atoms with Crippen LogP contribution in [0.1, 0.15) is 23.2 Å². The van der Waals surface area contributed by atoms with Crippen molar-refractivity contribution in [2.75, 3.05) is 24.5 Å². The lowest BCUT2D eigenvalue weighted by Gasteiger charge is -2.20. The number of hydrogen-bond donors (Lipinski definition) is 1. The molecule has 0 spiro atoms. The lowest BCUT2D eigenvalue weighted by molar-refractivity contribution is 0.0858. The van der Waals surface area contributed by atoms with Gasteiger partial charge in [-0.3, -0.25) is 9.10 Å². The Morgan fingerprint density at radius 3 is 2.67 bits per heavy atom. The van der Waals surface area contributed by atoms with E-state index in [1.54, 1.807) is 24.3 Å². The number of nitrogens with zero attached hydrogens (tertiary/aromatic N) is 1. The van der Waals surface area contributed by atoms with E-state index < -0.39 is 10.0 Å². The van der Waals surface area contributed by atoms with Gasteiger partial charge in [0.2, 0.25) is 0 Å². The second-order valence-corrected chi connectivity index (χ2v) is 8.67. The van der Waals surface area contributed by atoms with Gasteiger partial charge >= 0.3 is 0 Å². The van der Waals surface area contributed by atoms with Crippen molar-refractivity contribution in [3.63, 3.8) is 0 Å². The van der Waals surface area contributed by atoms with E-state index in [-0.39, 0.29) is 27.5 Å². The Morgan fingerprint density at radius 1 is 1.26 bits per heavy atom. The van der Waals surface area contributed by atoms with Crippen LogP contribution in [-0.2, 0) is 14.8 Å². The van der Waals surface area contributed by atoms with Crippen molar-refractivity contribution >= 4 is 33.2 Å². The standard InChI is InChI=1S/C19H21ClN2O4S/c1-22(27(24,25)16-7-3-2-4-8-16)14-9-10-18(20)17(12-14)19(23)21-13-15-6-5-11-26-15/h2-4,7-10,12,15H,5-6,11,13H2,1H3,(H,21,23)/t15-/m0/s1. The maximum absolute atomic E-state index is 12.8. The summed E-state index contributed by atoms with van der Waals surface area (Å²) in [6.45, 7) is 1.11. The first-order valence-electron chi connectivity index (χ1n) is 8.63. The Balaban J connectivity index is 1.80. The van der Waals surface area contributed by atoms with E-state index in [0.717, 1.165) is 17.1 Å². The number of halogens is 1. The maximum atomic E-state index is 12.8. The first-order valence-corrected chi connectivity index (χ1v) is 10.4. The second-order valence-electron chi connectivity index (χ2n) is 6.29. The molecule has 0 aliphatic carbocycles. The van der Waals surface area contributed by atoms with Crippen LogP contribution in [0.25, 0.3) is 0 Å². The summed E-state index contributed by atoms with van der Waals surface area (Å²) < 4.78 is 32.2. The summed E-state index contributed by atoms with van der Waals surface area (Å²) >= 11 is 6.16. The number of carbonyl (C=O) groups is 1. The summed E-state index contributed by atoms with van der Waals surface area (Å²) in [7, 11) is -2.29. The van der Waals surface area contributed by atoms with E-state index in [1.807, 2.05) is 0 Å². The summed E-state index contributed by atoms with van der Waals surface area (Å²) in [4.78, 5) is 12.7. The van der Waals surface area contributed by atoms with Crippen LogP contribution in [0.2, 0.25) is 5.02 Å². The average molecular weight is 409 g/mol. The van der Waals surface area contributed by atoms with Gasteiger partial charge in [-0.25, -0.2) is 8.42 Å². The van der Waals surface area contributed by atoms with Gasteiger partial charge in [0.05, 0.1) is 27.3 Å². The summed E-state index contributed by atoms with van der Waals surface area (Å²) in [5, 5.41) is 3.06. The minimum atomic E-state index is -3.73. The lowest BCUT2D eigenvalue weighted by Crippen LogP contribution is -2.32. The summed E-state index contributed by atoms with van der Waals surface area (Å²) in [5.74, 6) is -0.358. The average Bonchev–Trinajstić information content (AvgIpc) is 3.20. The van der Waals surface area contributed by atoms with Crippen molar-refractivity contribution in [2.24, 2.45) is 0 Å². The van der Waals surface area contributed by atoms with Crippen LogP contribution in [0, 0.1) is 0 Å². The highest BCUT2D eigenvalue weighted by atomic mass is 35.5. The molecule has 2 aromatic rings. The third-order valence-electron chi connectivity index (χ3n) is 4.47. The van der Waals surface area contributed by atoms with Crippen molar-refractivity contribution in [3.05, 3.63) is 59.1 Å². The molecule has 1 fully saturated rings. The topological polar surface area (TPSA) is 75.7 Å². The van der Waals surface area contributed by atoms with Crippen LogP contribution in [-0.4, -0.2) is 40.6 Å². The predicted octanol–water partition coefficient (Wildman–Crippen LogP) is 3.07. The number of hydrogen-bond acceptors (Lipinski definition) is 4. The SMILES string of the molecule is CN(c1ccc(Cl)c(C(=O)NC[C@@H]2CCCO2)c1)S(=O)(=O)c1ccccc1. The highest BCUT2D eigenvalue weighted by Gasteiger charge is 2.23. The fourth-order valence-corrected chi connectivity index (χ4v) is 4.29. The predicted molar refractivity (Wildman–Crippen MR) is 105 cm³/mol. The minimum Gasteiger partial charge on any atom is -0.376 e. The van der Waals surface area contributed by atoms with Crippen LogP contribution in [0.5, 0.6) is 0 Å². The number of amides is 1. The van der Waals surface area contributed by atoms with E-state index in [2.05, 4.69) is 5.32 Å². The molecule has 8 heteroatoms. The molecule has 2 aromatic carbocycles. The molecule has 1 saturated heterocycles. The molecule has 0 bridgehead atoms. The molecule has 1 atom stereocenters. The van der Waals surface area contributed by atoms with Crippen molar-refractivity contribution in [2.45, 2.75) is 23.8 Å². The largest absolute Gasteiger partial charge is 0.376 e. The molecule has 1 amide bonds. The smallest absolute Gasteiger partial charge is 0.264 e. The Morgan fingerprint density at radius 2 is 2.00 bits per heavy atom. The highest BCUT2D eigenvalue weighted by Crippen LogP contribution is 2.27. The van der Waals surface area contributed by atoms with Gasteiger partial charge in [-0.15, -0.1) is 0 Å². The monoisotopic (exact) mass is 408 g/mol. The number of carbonyl (C=O) groups excluding carboxylic acids is 1. The van der Waals surface area contributed by atoms with Gasteiger partial charge in [0.1, 0.15) is 0 Å². The Hall–Kier alpha value is -2.09. The van der Waals surface area contributed by atoms with E-state index in [9.17, 15) is 13.2 Å². The Kier molecular flexibility index (Phi) is 6.04. The zero-order chi connectivity index (χ0) is 19.4. The molecule has 0 unspecified atom stereocenters. The molecule has 27 heavy (non-hydrogen) atoms. The number of benzene rings is 2. The fourth-order valence-electron chi connectivity index (χ4n) is 2.88. The maximum Gasteiger partial charge on any atom is 0.264 e. The minimum absolute atomic E-state index is 0.0111. The fraction of sp³-hybridized carbons (Fsp3) is 0.316. The molecule has 144 valence electrons. The van der Waals surface area contributed by atoms with Gasteiger partial charge < -0.3 is 10.1 Å². The third-order valence-corrected chi connectivity index (χ3v) is 6.60. The van der Waals surface area contributed by atoms with Crippen LogP contribution in [0.4, 0.5) is 5.69 Å². The molecule has 1 aliphatic rings. The van der Waals surface area contributed by atoms with Crippen LogP contribution in [0.15, 0.2) is 53.4 Å². The quantitative estimate of drug-likeness (QED) is 0.796. The first-order chi connectivity index (χ1) is 12.9. The molecule has 1 N–H and O–H groups in total. The highest BCUT2D eigenvalue weighted by molar-refractivity contribution is 7.92. The molecule has 6 nitrogen and oxygen atoms in total. The zero-order valence-electron chi connectivity index (χ0n) is 14.9. The molecule has 1 heterocycles. The molecular formula is C19H21ClN2O4S.